The summed E-state index contributed by atoms with van der Waals surface area (Å²) in [6, 6.07) is 6.22. The highest BCUT2D eigenvalue weighted by Gasteiger charge is 2.25. The number of carbonyl (C=O) groups is 2. The predicted molar refractivity (Wildman–Crippen MR) is 105 cm³/mol. The van der Waals surface area contributed by atoms with Crippen LogP contribution in [0.2, 0.25) is 5.02 Å². The maximum absolute atomic E-state index is 12.5. The third kappa shape index (κ3) is 5.01. The summed E-state index contributed by atoms with van der Waals surface area (Å²) < 4.78 is 5.13. The van der Waals surface area contributed by atoms with E-state index in [1.165, 1.54) is 12.3 Å². The Bertz CT molecular complexity index is 825. The number of β-amino-alcohol motifs (C(OH)–C–C–N with tert-alkyl or cyclic N) is 1. The van der Waals surface area contributed by atoms with Gasteiger partial charge in [-0.25, -0.2) is 0 Å². The maximum atomic E-state index is 12.5. The van der Waals surface area contributed by atoms with E-state index in [0.717, 1.165) is 0 Å². The minimum atomic E-state index is -0.483. The molecular weight excluding hydrogens is 393 g/mol. The van der Waals surface area contributed by atoms with E-state index in [-0.39, 0.29) is 30.1 Å². The molecule has 3 rings (SSSR count). The van der Waals surface area contributed by atoms with E-state index in [2.05, 4.69) is 16.0 Å². The Labute approximate surface area is 167 Å². The van der Waals surface area contributed by atoms with Crippen LogP contribution in [0, 0.1) is 12.8 Å². The van der Waals surface area contributed by atoms with Gasteiger partial charge in [-0.15, -0.1) is 12.4 Å². The highest BCUT2D eigenvalue weighted by Crippen LogP contribution is 2.23. The Balaban J connectivity index is 0.00000261. The predicted octanol–water partition coefficient (Wildman–Crippen LogP) is 2.23. The quantitative estimate of drug-likeness (QED) is 0.601. The van der Waals surface area contributed by atoms with Crippen LogP contribution >= 0.6 is 24.0 Å². The van der Waals surface area contributed by atoms with Crippen LogP contribution in [0.1, 0.15) is 26.5 Å². The van der Waals surface area contributed by atoms with Crippen LogP contribution in [0.3, 0.4) is 0 Å². The van der Waals surface area contributed by atoms with Gasteiger partial charge in [0.25, 0.3) is 11.8 Å². The summed E-state index contributed by atoms with van der Waals surface area (Å²) in [6.07, 6.45) is 0.945. The molecule has 0 radical (unpaired) electrons. The van der Waals surface area contributed by atoms with Crippen molar-refractivity contribution < 1.29 is 19.1 Å². The molecule has 0 aliphatic carbocycles. The van der Waals surface area contributed by atoms with E-state index in [1.54, 1.807) is 25.1 Å². The highest BCUT2D eigenvalue weighted by atomic mass is 35.5. The summed E-state index contributed by atoms with van der Waals surface area (Å²) in [5.41, 5.74) is 0.992. The van der Waals surface area contributed by atoms with Crippen LogP contribution < -0.4 is 16.0 Å². The summed E-state index contributed by atoms with van der Waals surface area (Å²) in [7, 11) is 0. The average molecular weight is 414 g/mol. The molecule has 1 aliphatic heterocycles. The van der Waals surface area contributed by atoms with Gasteiger partial charge >= 0.3 is 0 Å². The third-order valence-corrected chi connectivity index (χ3v) is 4.64. The molecule has 1 aliphatic rings. The first-order chi connectivity index (χ1) is 12.5. The normalized spacial score (nSPS) is 18.6. The Morgan fingerprint density at radius 2 is 2.04 bits per heavy atom. The molecule has 2 heterocycles. The van der Waals surface area contributed by atoms with E-state index in [0.29, 0.717) is 47.2 Å². The largest absolute Gasteiger partial charge is 0.469 e. The van der Waals surface area contributed by atoms with E-state index < -0.39 is 6.10 Å². The molecule has 146 valence electrons. The third-order valence-electron chi connectivity index (χ3n) is 4.41. The molecule has 7 nitrogen and oxygen atoms in total. The van der Waals surface area contributed by atoms with Gasteiger partial charge in [0, 0.05) is 30.6 Å². The zero-order valence-corrected chi connectivity index (χ0v) is 16.2. The number of aryl methyl sites for hydroxylation is 1. The lowest BCUT2D eigenvalue weighted by Gasteiger charge is -2.16. The van der Waals surface area contributed by atoms with Gasteiger partial charge in [-0.05, 0) is 31.2 Å². The summed E-state index contributed by atoms with van der Waals surface area (Å²) >= 11 is 6.02. The molecule has 9 heteroatoms. The van der Waals surface area contributed by atoms with Gasteiger partial charge in [0.05, 0.1) is 29.2 Å². The second kappa shape index (κ2) is 9.23. The summed E-state index contributed by atoms with van der Waals surface area (Å²) in [5, 5.41) is 18.8. The molecule has 1 fully saturated rings. The number of hydrogen-bond acceptors (Lipinski definition) is 5. The fraction of sp³-hybridized carbons (Fsp3) is 0.333. The first-order valence-electron chi connectivity index (χ1n) is 8.27. The van der Waals surface area contributed by atoms with Crippen LogP contribution in [0.25, 0.3) is 0 Å². The van der Waals surface area contributed by atoms with Crippen molar-refractivity contribution >= 4 is 41.5 Å². The van der Waals surface area contributed by atoms with Gasteiger partial charge in [0.1, 0.15) is 5.76 Å². The molecule has 27 heavy (non-hydrogen) atoms. The van der Waals surface area contributed by atoms with Crippen LogP contribution in [0.5, 0.6) is 0 Å². The number of aliphatic hydroxyl groups excluding tert-OH is 1. The summed E-state index contributed by atoms with van der Waals surface area (Å²) in [5.74, 6) is -0.293. The second-order valence-corrected chi connectivity index (χ2v) is 6.67. The maximum Gasteiger partial charge on any atom is 0.259 e. The average Bonchev–Trinajstić information content (AvgIpc) is 3.21. The van der Waals surface area contributed by atoms with E-state index in [1.807, 2.05) is 0 Å². The van der Waals surface area contributed by atoms with E-state index in [4.69, 9.17) is 16.0 Å². The number of nitrogens with one attached hydrogen (secondary N) is 3. The van der Waals surface area contributed by atoms with Crippen molar-refractivity contribution in [3.8, 4) is 0 Å². The number of halogens is 2. The summed E-state index contributed by atoms with van der Waals surface area (Å²) in [4.78, 5) is 25.0. The lowest BCUT2D eigenvalue weighted by atomic mass is 10.1. The first kappa shape index (κ1) is 21.2. The molecule has 2 atom stereocenters. The van der Waals surface area contributed by atoms with E-state index >= 15 is 0 Å². The standard InChI is InChI=1S/C18H20ClN3O4.ClH/c1-10-13(4-5-26-10)18(25)22-15-6-12(19)2-3-14(15)17(24)21-8-11-7-20-9-16(11)23;/h2-6,11,16,20,23H,7-9H2,1H3,(H,21,24)(H,22,25);1H. The number of benzene rings is 1. The lowest BCUT2D eigenvalue weighted by molar-refractivity contribution is 0.0928. The van der Waals surface area contributed by atoms with Crippen LogP contribution in [0.4, 0.5) is 5.69 Å². The molecule has 2 aromatic rings. The molecule has 0 spiro atoms. The zero-order valence-electron chi connectivity index (χ0n) is 14.6. The minimum absolute atomic E-state index is 0. The molecule has 1 aromatic heterocycles. The number of aliphatic hydroxyl groups is 1. The van der Waals surface area contributed by atoms with Crippen LogP contribution in [-0.2, 0) is 0 Å². The number of amides is 2. The van der Waals surface area contributed by atoms with Crippen LogP contribution in [-0.4, -0.2) is 42.7 Å². The van der Waals surface area contributed by atoms with Crippen molar-refractivity contribution in [2.24, 2.45) is 5.92 Å². The van der Waals surface area contributed by atoms with Crippen molar-refractivity contribution in [1.82, 2.24) is 10.6 Å². The molecule has 2 unspecified atom stereocenters. The van der Waals surface area contributed by atoms with Gasteiger partial charge < -0.3 is 25.5 Å². The molecule has 4 N–H and O–H groups in total. The number of anilines is 1. The van der Waals surface area contributed by atoms with Gasteiger partial charge in [-0.1, -0.05) is 11.6 Å². The fourth-order valence-electron chi connectivity index (χ4n) is 2.87. The molecule has 0 bridgehead atoms. The SMILES string of the molecule is Cc1occc1C(=O)Nc1cc(Cl)ccc1C(=O)NCC1CNCC1O.Cl. The Kier molecular flexibility index (Phi) is 7.26. The molecule has 2 amide bonds. The van der Waals surface area contributed by atoms with Crippen molar-refractivity contribution in [2.75, 3.05) is 25.0 Å². The minimum Gasteiger partial charge on any atom is -0.469 e. The van der Waals surface area contributed by atoms with Gasteiger partial charge in [-0.2, -0.15) is 0 Å². The molecular formula is C18H21Cl2N3O4. The highest BCUT2D eigenvalue weighted by molar-refractivity contribution is 6.31. The van der Waals surface area contributed by atoms with Gasteiger partial charge in [0.2, 0.25) is 0 Å². The monoisotopic (exact) mass is 413 g/mol. The first-order valence-corrected chi connectivity index (χ1v) is 8.65. The van der Waals surface area contributed by atoms with Gasteiger partial charge in [0.15, 0.2) is 0 Å². The molecule has 0 saturated carbocycles. The fourth-order valence-corrected chi connectivity index (χ4v) is 3.05. The number of furan rings is 1. The number of carbonyl (C=O) groups excluding carboxylic acids is 2. The number of hydrogen-bond donors (Lipinski definition) is 4. The van der Waals surface area contributed by atoms with Crippen LogP contribution in [0.15, 0.2) is 34.9 Å². The topological polar surface area (TPSA) is 104 Å². The number of rotatable bonds is 5. The molecule has 1 saturated heterocycles. The van der Waals surface area contributed by atoms with Crippen molar-refractivity contribution in [3.63, 3.8) is 0 Å². The van der Waals surface area contributed by atoms with Crippen molar-refractivity contribution in [2.45, 2.75) is 13.0 Å². The zero-order chi connectivity index (χ0) is 18.7. The smallest absolute Gasteiger partial charge is 0.259 e. The van der Waals surface area contributed by atoms with Crippen molar-refractivity contribution in [3.05, 3.63) is 52.4 Å². The summed E-state index contributed by atoms with van der Waals surface area (Å²) in [6.45, 7) is 3.18. The van der Waals surface area contributed by atoms with Crippen molar-refractivity contribution in [1.29, 1.82) is 0 Å². The Morgan fingerprint density at radius 3 is 2.67 bits per heavy atom. The molecule has 1 aromatic carbocycles. The van der Waals surface area contributed by atoms with E-state index in [9.17, 15) is 14.7 Å². The Morgan fingerprint density at radius 1 is 1.26 bits per heavy atom. The second-order valence-electron chi connectivity index (χ2n) is 6.23. The van der Waals surface area contributed by atoms with Gasteiger partial charge in [-0.3, -0.25) is 9.59 Å². The Hall–Kier alpha value is -2.06. The lowest BCUT2D eigenvalue weighted by Crippen LogP contribution is -2.34.